The summed E-state index contributed by atoms with van der Waals surface area (Å²) in [4.78, 5) is 31.1. The molecular weight excluding hydrogens is 814 g/mol. The third-order valence-corrected chi connectivity index (χ3v) is 11.6. The van der Waals surface area contributed by atoms with Gasteiger partial charge in [-0.1, -0.05) is 41.5 Å². The fourth-order valence-corrected chi connectivity index (χ4v) is 7.30. The number of benzene rings is 2. The molecule has 344 valence electrons. The summed E-state index contributed by atoms with van der Waals surface area (Å²) < 4.78 is 37.5. The van der Waals surface area contributed by atoms with Gasteiger partial charge in [-0.15, -0.1) is 0 Å². The average Bonchev–Trinajstić information content (AvgIpc) is 3.23. The van der Waals surface area contributed by atoms with E-state index in [9.17, 15) is 24.9 Å². The maximum atomic E-state index is 11.4. The zero-order valence-corrected chi connectivity index (χ0v) is 37.8. The highest BCUT2D eigenvalue weighted by atomic mass is 35.5. The van der Waals surface area contributed by atoms with E-state index in [0.717, 1.165) is 29.7 Å². The molecule has 0 amide bonds. The van der Waals surface area contributed by atoms with E-state index in [1.165, 1.54) is 20.1 Å². The molecule has 0 aliphatic carbocycles. The third-order valence-electron chi connectivity index (χ3n) is 11.6. The molecule has 2 aromatic rings. The molecular formula is C44H68ClN3O13. The van der Waals surface area contributed by atoms with Crippen LogP contribution in [0.15, 0.2) is 58.5 Å². The van der Waals surface area contributed by atoms with Gasteiger partial charge < -0.3 is 71.7 Å². The van der Waals surface area contributed by atoms with Gasteiger partial charge in [-0.2, -0.15) is 0 Å². The van der Waals surface area contributed by atoms with Crippen LogP contribution in [-0.2, 0) is 33.3 Å². The fraction of sp³-hybridized carbons (Fsp3) is 0.636. The topological polar surface area (TPSA) is 232 Å². The monoisotopic (exact) mass is 881 g/mol. The Hall–Kier alpha value is -3.71. The summed E-state index contributed by atoms with van der Waals surface area (Å²) in [5.74, 6) is 2.33. The lowest BCUT2D eigenvalue weighted by molar-refractivity contribution is -0.489. The Morgan fingerprint density at radius 3 is 1.51 bits per heavy atom. The highest BCUT2D eigenvalue weighted by Gasteiger charge is 2.45. The number of carbonyl (C=O) groups is 2. The number of quaternary nitrogens is 1. The molecule has 0 radical (unpaired) electrons. The minimum Gasteiger partial charge on any atom is -1.00 e. The molecule has 2 aromatic carbocycles. The highest BCUT2D eigenvalue weighted by molar-refractivity contribution is 5.80. The largest absolute Gasteiger partial charge is 1.00 e. The normalized spacial score (nSPS) is 33.5. The van der Waals surface area contributed by atoms with E-state index in [1.54, 1.807) is 44.7 Å². The first kappa shape index (κ1) is 53.4. The van der Waals surface area contributed by atoms with Crippen molar-refractivity contribution in [1.82, 2.24) is 0 Å². The summed E-state index contributed by atoms with van der Waals surface area (Å²) in [6, 6.07) is 13.5. The summed E-state index contributed by atoms with van der Waals surface area (Å²) in [5, 5.41) is 38.5. The fourth-order valence-electron chi connectivity index (χ4n) is 7.30. The number of rotatable bonds is 11. The van der Waals surface area contributed by atoms with Gasteiger partial charge >= 0.3 is 11.9 Å². The molecule has 16 nitrogen and oxygen atoms in total. The Labute approximate surface area is 366 Å². The number of ether oxygens (including phenoxy) is 7. The minimum atomic E-state index is -1.39. The van der Waals surface area contributed by atoms with Crippen molar-refractivity contribution >= 4 is 24.4 Å². The molecule has 3 aliphatic rings. The second-order valence-electron chi connectivity index (χ2n) is 15.5. The van der Waals surface area contributed by atoms with Crippen molar-refractivity contribution in [3.63, 3.8) is 0 Å². The number of nitrogens with zero attached hydrogens (tertiary/aromatic N) is 2. The first-order valence-corrected chi connectivity index (χ1v) is 20.6. The van der Waals surface area contributed by atoms with E-state index in [4.69, 9.17) is 38.3 Å². The van der Waals surface area contributed by atoms with Gasteiger partial charge in [0.2, 0.25) is 6.29 Å². The summed E-state index contributed by atoms with van der Waals surface area (Å²) in [7, 11) is 3.20. The first-order chi connectivity index (χ1) is 28.5. The smallest absolute Gasteiger partial charge is 0.305 e. The average molecular weight is 882 g/mol. The SMILES string of the molecule is CCC1O[C@@H](OC(C)=O)C(N=Cc2ccc(OC)cc2)[C@@H](C)[C@@H]1C.CCC1O[C@@H](OC(C)=O)C([NH3+])[C@@H](C)[C@@H]1C.COc1ccc(C=NC2[C@H](O)OC(CO)[C@@H](O)[C@@H]2O)cc1.[Cl-]. The molecule has 17 heteroatoms. The third kappa shape index (κ3) is 15.3. The number of aliphatic imine (C=N–C) groups is 2. The van der Waals surface area contributed by atoms with Crippen LogP contribution in [-0.4, -0.2) is 133 Å². The predicted molar refractivity (Wildman–Crippen MR) is 223 cm³/mol. The van der Waals surface area contributed by atoms with Gasteiger partial charge in [0, 0.05) is 32.2 Å². The summed E-state index contributed by atoms with van der Waals surface area (Å²) in [6.45, 7) is 15.1. The van der Waals surface area contributed by atoms with E-state index in [2.05, 4.69) is 57.3 Å². The number of aliphatic hydroxyl groups is 4. The highest BCUT2D eigenvalue weighted by Crippen LogP contribution is 2.35. The van der Waals surface area contributed by atoms with E-state index < -0.39 is 49.8 Å². The molecule has 3 fully saturated rings. The van der Waals surface area contributed by atoms with Crippen molar-refractivity contribution in [2.75, 3.05) is 20.8 Å². The lowest BCUT2D eigenvalue weighted by atomic mass is 9.81. The number of methoxy groups -OCH3 is 2. The predicted octanol–water partition coefficient (Wildman–Crippen LogP) is -0.0620. The van der Waals surface area contributed by atoms with Crippen molar-refractivity contribution < 1.29 is 81.3 Å². The second kappa shape index (κ2) is 26.0. The number of hydrogen-bond donors (Lipinski definition) is 5. The number of hydrogen-bond acceptors (Lipinski definition) is 15. The first-order valence-electron chi connectivity index (χ1n) is 20.6. The quantitative estimate of drug-likeness (QED) is 0.147. The summed E-state index contributed by atoms with van der Waals surface area (Å²) in [5.41, 5.74) is 5.74. The van der Waals surface area contributed by atoms with Crippen LogP contribution in [0, 0.1) is 23.7 Å². The molecule has 7 N–H and O–H groups in total. The standard InChI is InChI=1S/C19H27NO4.C14H19NO6.C11H21NO3.ClH/c1-6-17-12(2)13(3)18(19(24-17)23-14(4)21)20-11-15-7-9-16(22-5)10-8-15;1-20-9-4-2-8(3-5-9)6-15-11-13(18)12(17)10(7-16)21-14(11)19;1-5-9-6(2)7(3)10(12)11(15-9)14-8(4)13;/h7-13,17-19H,6H2,1-5H3;2-6,10-14,16-19H,7H2,1H3;6-7,9-11H,5,12H2,1-4H3;1H/t12-,13-,17?,18?,19+;10?,11?,12-,13-,14-;6-,7-,9?,10?,11+;/m010./s1. The van der Waals surface area contributed by atoms with Gasteiger partial charge in [-0.3, -0.25) is 19.6 Å². The van der Waals surface area contributed by atoms with E-state index in [-0.39, 0.29) is 54.6 Å². The lowest BCUT2D eigenvalue weighted by Gasteiger charge is -2.42. The van der Waals surface area contributed by atoms with Crippen molar-refractivity contribution in [2.24, 2.45) is 33.7 Å². The van der Waals surface area contributed by atoms with Crippen molar-refractivity contribution in [1.29, 1.82) is 0 Å². The van der Waals surface area contributed by atoms with Crippen LogP contribution in [0.3, 0.4) is 0 Å². The summed E-state index contributed by atoms with van der Waals surface area (Å²) >= 11 is 0. The molecule has 5 rings (SSSR count). The number of aliphatic hydroxyl groups excluding tert-OH is 4. The number of carbonyl (C=O) groups excluding carboxylic acids is 2. The zero-order chi connectivity index (χ0) is 44.7. The van der Waals surface area contributed by atoms with E-state index >= 15 is 0 Å². The Morgan fingerprint density at radius 2 is 1.08 bits per heavy atom. The molecule has 6 unspecified atom stereocenters. The van der Waals surface area contributed by atoms with Gasteiger partial charge in [0.1, 0.15) is 41.9 Å². The van der Waals surface area contributed by atoms with Crippen LogP contribution in [0.5, 0.6) is 11.5 Å². The molecule has 3 aliphatic heterocycles. The molecule has 0 saturated carbocycles. The van der Waals surface area contributed by atoms with Crippen LogP contribution in [0.4, 0.5) is 0 Å². The summed E-state index contributed by atoms with van der Waals surface area (Å²) in [6.07, 6.45) is -0.806. The van der Waals surface area contributed by atoms with Crippen LogP contribution in [0.25, 0.3) is 0 Å². The van der Waals surface area contributed by atoms with Crippen LogP contribution >= 0.6 is 0 Å². The van der Waals surface area contributed by atoms with Crippen molar-refractivity contribution in [3.8, 4) is 11.5 Å². The van der Waals surface area contributed by atoms with Gasteiger partial charge in [0.15, 0.2) is 12.3 Å². The molecule has 3 saturated heterocycles. The van der Waals surface area contributed by atoms with Gasteiger partial charge in [-0.25, -0.2) is 0 Å². The lowest BCUT2D eigenvalue weighted by Crippen LogP contribution is -3.00. The molecule has 0 spiro atoms. The van der Waals surface area contributed by atoms with Crippen LogP contribution in [0.1, 0.15) is 79.4 Å². The van der Waals surface area contributed by atoms with Crippen molar-refractivity contribution in [3.05, 3.63) is 59.7 Å². The maximum Gasteiger partial charge on any atom is 0.305 e. The molecule has 0 aromatic heterocycles. The molecule has 61 heavy (non-hydrogen) atoms. The maximum absolute atomic E-state index is 11.4. The van der Waals surface area contributed by atoms with Gasteiger partial charge in [-0.05, 0) is 90.3 Å². The molecule has 3 heterocycles. The molecule has 0 bridgehead atoms. The van der Waals surface area contributed by atoms with E-state index in [0.29, 0.717) is 23.5 Å². The number of halogens is 1. The Bertz CT molecular complexity index is 1650. The number of esters is 2. The van der Waals surface area contributed by atoms with Gasteiger partial charge in [0.25, 0.3) is 6.29 Å². The zero-order valence-electron chi connectivity index (χ0n) is 37.0. The van der Waals surface area contributed by atoms with Crippen LogP contribution in [0.2, 0.25) is 0 Å². The Balaban J connectivity index is 0.000000321. The van der Waals surface area contributed by atoms with Crippen LogP contribution < -0.4 is 27.6 Å². The molecule has 15 atom stereocenters. The van der Waals surface area contributed by atoms with Gasteiger partial charge in [0.05, 0.1) is 33.0 Å². The Morgan fingerprint density at radius 1 is 0.656 bits per heavy atom. The van der Waals surface area contributed by atoms with E-state index in [1.807, 2.05) is 24.3 Å². The minimum absolute atomic E-state index is 0. The Kier molecular flexibility index (Phi) is 22.8. The van der Waals surface area contributed by atoms with Crippen molar-refractivity contribution in [2.45, 2.75) is 136 Å². The second-order valence-corrected chi connectivity index (χ2v) is 15.5.